The smallest absolute Gasteiger partial charge is 0.251 e. The average molecular weight is 285 g/mol. The molecule has 1 aromatic carbocycles. The Morgan fingerprint density at radius 2 is 1.86 bits per heavy atom. The first-order valence-corrected chi connectivity index (χ1v) is 7.49. The first-order valence-electron chi connectivity index (χ1n) is 7.49. The van der Waals surface area contributed by atoms with Crippen molar-refractivity contribution in [1.29, 1.82) is 0 Å². The first kappa shape index (κ1) is 15.2. The second kappa shape index (κ2) is 7.57. The topological polar surface area (TPSA) is 45.2 Å². The number of aromatic nitrogens is 3. The molecule has 5 nitrogen and oxygen atoms in total. The van der Waals surface area contributed by atoms with Crippen molar-refractivity contribution in [2.24, 2.45) is 0 Å². The van der Waals surface area contributed by atoms with E-state index in [9.17, 15) is 0 Å². The van der Waals surface area contributed by atoms with Crippen molar-refractivity contribution in [3.05, 3.63) is 36.5 Å². The Labute approximate surface area is 126 Å². The summed E-state index contributed by atoms with van der Waals surface area (Å²) in [5.74, 6) is 1.51. The van der Waals surface area contributed by atoms with E-state index in [2.05, 4.69) is 51.0 Å². The molecule has 21 heavy (non-hydrogen) atoms. The van der Waals surface area contributed by atoms with Crippen LogP contribution in [0, 0.1) is 0 Å². The minimum atomic E-state index is 0.643. The molecule has 0 N–H and O–H groups in total. The van der Waals surface area contributed by atoms with Gasteiger partial charge in [0.2, 0.25) is 0 Å². The molecule has 5 heteroatoms. The van der Waals surface area contributed by atoms with E-state index in [-0.39, 0.29) is 0 Å². The Kier molecular flexibility index (Phi) is 5.49. The third-order valence-electron chi connectivity index (χ3n) is 3.40. The van der Waals surface area contributed by atoms with E-state index in [0.717, 1.165) is 31.0 Å². The van der Waals surface area contributed by atoms with Crippen molar-refractivity contribution in [3.8, 4) is 0 Å². The highest BCUT2D eigenvalue weighted by Crippen LogP contribution is 2.22. The summed E-state index contributed by atoms with van der Waals surface area (Å²) in [7, 11) is 2.04. The summed E-state index contributed by atoms with van der Waals surface area (Å²) in [5, 5.41) is 8.30. The van der Waals surface area contributed by atoms with Gasteiger partial charge < -0.3 is 9.80 Å². The fourth-order valence-corrected chi connectivity index (χ4v) is 2.14. The Morgan fingerprint density at radius 3 is 2.52 bits per heavy atom. The zero-order chi connectivity index (χ0) is 15.1. The van der Waals surface area contributed by atoms with Crippen LogP contribution >= 0.6 is 0 Å². The molecule has 0 saturated carbocycles. The molecule has 0 aliphatic heterocycles. The Bertz CT molecular complexity index is 543. The van der Waals surface area contributed by atoms with Gasteiger partial charge in [0.15, 0.2) is 5.82 Å². The maximum absolute atomic E-state index is 4.65. The van der Waals surface area contributed by atoms with Crippen molar-refractivity contribution >= 4 is 17.5 Å². The fourth-order valence-electron chi connectivity index (χ4n) is 2.14. The minimum Gasteiger partial charge on any atom is -0.358 e. The molecule has 0 atom stereocenters. The zero-order valence-corrected chi connectivity index (χ0v) is 13.0. The second-order valence-electron chi connectivity index (χ2n) is 4.97. The van der Waals surface area contributed by atoms with Gasteiger partial charge in [0, 0.05) is 25.8 Å². The number of para-hydroxylation sites is 1. The van der Waals surface area contributed by atoms with Crippen molar-refractivity contribution < 1.29 is 0 Å². The molecular formula is C16H23N5. The SMILES string of the molecule is CCCCN(C)c1cnnc(N(CC)c2ccccc2)n1. The lowest BCUT2D eigenvalue weighted by molar-refractivity contribution is 0.751. The number of benzene rings is 1. The van der Waals surface area contributed by atoms with Gasteiger partial charge in [-0.3, -0.25) is 0 Å². The predicted octanol–water partition coefficient (Wildman–Crippen LogP) is 3.27. The summed E-state index contributed by atoms with van der Waals surface area (Å²) in [6, 6.07) is 10.2. The highest BCUT2D eigenvalue weighted by molar-refractivity contribution is 5.57. The monoisotopic (exact) mass is 285 g/mol. The number of hydrogen-bond acceptors (Lipinski definition) is 5. The lowest BCUT2D eigenvalue weighted by atomic mass is 10.3. The average Bonchev–Trinajstić information content (AvgIpc) is 2.54. The van der Waals surface area contributed by atoms with Gasteiger partial charge in [0.1, 0.15) is 0 Å². The molecule has 2 rings (SSSR count). The molecule has 0 bridgehead atoms. The molecule has 0 radical (unpaired) electrons. The summed E-state index contributed by atoms with van der Waals surface area (Å²) in [5.41, 5.74) is 1.08. The summed E-state index contributed by atoms with van der Waals surface area (Å²) in [4.78, 5) is 8.84. The van der Waals surface area contributed by atoms with E-state index < -0.39 is 0 Å². The van der Waals surface area contributed by atoms with Gasteiger partial charge in [0.05, 0.1) is 6.20 Å². The Balaban J connectivity index is 2.23. The van der Waals surface area contributed by atoms with E-state index in [1.165, 1.54) is 6.42 Å². The quantitative estimate of drug-likeness (QED) is 0.781. The van der Waals surface area contributed by atoms with E-state index in [0.29, 0.717) is 5.95 Å². The number of unbranched alkanes of at least 4 members (excludes halogenated alkanes) is 1. The number of hydrogen-bond donors (Lipinski definition) is 0. The summed E-state index contributed by atoms with van der Waals surface area (Å²) in [6.07, 6.45) is 4.03. The largest absolute Gasteiger partial charge is 0.358 e. The van der Waals surface area contributed by atoms with Gasteiger partial charge in [0.25, 0.3) is 5.95 Å². The van der Waals surface area contributed by atoms with Crippen LogP contribution in [0.4, 0.5) is 17.5 Å². The summed E-state index contributed by atoms with van der Waals surface area (Å²) in [6.45, 7) is 6.05. The summed E-state index contributed by atoms with van der Waals surface area (Å²) < 4.78 is 0. The molecule has 2 aromatic rings. The van der Waals surface area contributed by atoms with E-state index in [1.54, 1.807) is 6.20 Å². The van der Waals surface area contributed by atoms with Crippen molar-refractivity contribution in [3.63, 3.8) is 0 Å². The van der Waals surface area contributed by atoms with Crippen LogP contribution in [0.15, 0.2) is 36.5 Å². The number of nitrogens with zero attached hydrogens (tertiary/aromatic N) is 5. The maximum atomic E-state index is 4.65. The van der Waals surface area contributed by atoms with Gasteiger partial charge in [-0.25, -0.2) is 0 Å². The van der Waals surface area contributed by atoms with Crippen molar-refractivity contribution in [1.82, 2.24) is 15.2 Å². The van der Waals surface area contributed by atoms with Gasteiger partial charge in [-0.15, -0.1) is 5.10 Å². The highest BCUT2D eigenvalue weighted by Gasteiger charge is 2.12. The number of anilines is 3. The van der Waals surface area contributed by atoms with Gasteiger partial charge in [-0.05, 0) is 25.5 Å². The molecular weight excluding hydrogens is 262 g/mol. The van der Waals surface area contributed by atoms with Gasteiger partial charge in [-0.2, -0.15) is 10.1 Å². The van der Waals surface area contributed by atoms with Crippen LogP contribution in [0.5, 0.6) is 0 Å². The fraction of sp³-hybridized carbons (Fsp3) is 0.438. The Hall–Kier alpha value is -2.17. The minimum absolute atomic E-state index is 0.643. The normalized spacial score (nSPS) is 10.4. The van der Waals surface area contributed by atoms with Crippen LogP contribution in [0.25, 0.3) is 0 Å². The summed E-state index contributed by atoms with van der Waals surface area (Å²) >= 11 is 0. The first-order chi connectivity index (χ1) is 10.3. The molecule has 0 spiro atoms. The third-order valence-corrected chi connectivity index (χ3v) is 3.40. The molecule has 0 fully saturated rings. The second-order valence-corrected chi connectivity index (χ2v) is 4.97. The molecule has 0 unspecified atom stereocenters. The lowest BCUT2D eigenvalue weighted by Crippen LogP contribution is -2.23. The van der Waals surface area contributed by atoms with Crippen LogP contribution in [0.2, 0.25) is 0 Å². The van der Waals surface area contributed by atoms with Crippen LogP contribution in [-0.4, -0.2) is 35.3 Å². The van der Waals surface area contributed by atoms with Crippen molar-refractivity contribution in [2.45, 2.75) is 26.7 Å². The highest BCUT2D eigenvalue weighted by atomic mass is 15.3. The molecule has 0 saturated heterocycles. The van der Waals surface area contributed by atoms with E-state index in [1.807, 2.05) is 25.2 Å². The molecule has 0 aliphatic carbocycles. The van der Waals surface area contributed by atoms with Crippen LogP contribution in [0.1, 0.15) is 26.7 Å². The van der Waals surface area contributed by atoms with Crippen LogP contribution in [0.3, 0.4) is 0 Å². The Morgan fingerprint density at radius 1 is 1.10 bits per heavy atom. The molecule has 1 aromatic heterocycles. The standard InChI is InChI=1S/C16H23N5/c1-4-6-12-20(3)15-13-17-19-16(18-15)21(5-2)14-10-8-7-9-11-14/h7-11,13H,4-6,12H2,1-3H3. The zero-order valence-electron chi connectivity index (χ0n) is 13.0. The van der Waals surface area contributed by atoms with Crippen LogP contribution in [-0.2, 0) is 0 Å². The van der Waals surface area contributed by atoms with E-state index in [4.69, 9.17) is 0 Å². The maximum Gasteiger partial charge on any atom is 0.251 e. The molecule has 0 aliphatic rings. The lowest BCUT2D eigenvalue weighted by Gasteiger charge is -2.22. The van der Waals surface area contributed by atoms with Gasteiger partial charge in [-0.1, -0.05) is 31.5 Å². The third kappa shape index (κ3) is 3.90. The molecule has 0 amide bonds. The predicted molar refractivity (Wildman–Crippen MR) is 87.1 cm³/mol. The molecule has 112 valence electrons. The van der Waals surface area contributed by atoms with Gasteiger partial charge >= 0.3 is 0 Å². The molecule has 1 heterocycles. The van der Waals surface area contributed by atoms with E-state index >= 15 is 0 Å². The number of rotatable bonds is 7. The van der Waals surface area contributed by atoms with Crippen molar-refractivity contribution in [2.75, 3.05) is 29.9 Å². The van der Waals surface area contributed by atoms with Crippen LogP contribution < -0.4 is 9.80 Å².